The van der Waals surface area contributed by atoms with Crippen LogP contribution in [0.4, 0.5) is 14.5 Å². The van der Waals surface area contributed by atoms with Gasteiger partial charge in [0.25, 0.3) is 0 Å². The van der Waals surface area contributed by atoms with Gasteiger partial charge in [0.2, 0.25) is 5.91 Å². The third-order valence-electron chi connectivity index (χ3n) is 7.99. The molecule has 2 aromatic carbocycles. The van der Waals surface area contributed by atoms with Gasteiger partial charge in [-0.1, -0.05) is 31.0 Å². The zero-order valence-corrected chi connectivity index (χ0v) is 19.3. The average Bonchev–Trinajstić information content (AvgIpc) is 3.62. The molecule has 0 N–H and O–H groups in total. The summed E-state index contributed by atoms with van der Waals surface area (Å²) in [4.78, 5) is 18.1. The molecule has 5 nitrogen and oxygen atoms in total. The summed E-state index contributed by atoms with van der Waals surface area (Å²) in [6.45, 7) is 1.62. The second-order valence-electron chi connectivity index (χ2n) is 9.98. The molecule has 3 heterocycles. The van der Waals surface area contributed by atoms with E-state index in [1.165, 1.54) is 44.0 Å². The summed E-state index contributed by atoms with van der Waals surface area (Å²) in [5, 5.41) is 4.05. The molecule has 1 saturated carbocycles. The van der Waals surface area contributed by atoms with Gasteiger partial charge in [0, 0.05) is 48.2 Å². The van der Waals surface area contributed by atoms with Crippen LogP contribution in [-0.4, -0.2) is 39.7 Å². The molecule has 34 heavy (non-hydrogen) atoms. The number of carbonyl (C=O) groups is 1. The molecule has 3 aliphatic rings. The molecule has 176 valence electrons. The van der Waals surface area contributed by atoms with Crippen LogP contribution in [0.25, 0.3) is 11.1 Å². The van der Waals surface area contributed by atoms with E-state index < -0.39 is 17.0 Å². The first-order valence-corrected chi connectivity index (χ1v) is 12.1. The van der Waals surface area contributed by atoms with Gasteiger partial charge in [0.1, 0.15) is 11.6 Å². The lowest BCUT2D eigenvalue weighted by Gasteiger charge is -2.27. The van der Waals surface area contributed by atoms with Crippen LogP contribution < -0.4 is 4.90 Å². The Bertz CT molecular complexity index is 1270. The van der Waals surface area contributed by atoms with Crippen molar-refractivity contribution in [3.8, 4) is 11.1 Å². The van der Waals surface area contributed by atoms with Crippen molar-refractivity contribution < 1.29 is 13.6 Å². The number of aromatic nitrogens is 2. The number of aryl methyl sites for hydroxylation is 1. The molecule has 2 aliphatic heterocycles. The number of nitrogens with zero attached hydrogens (tertiary/aromatic N) is 4. The smallest absolute Gasteiger partial charge is 0.239 e. The number of fused-ring (bicyclic) bond motifs is 2. The molecule has 1 amide bonds. The first-order chi connectivity index (χ1) is 16.5. The van der Waals surface area contributed by atoms with Crippen molar-refractivity contribution in [2.45, 2.75) is 50.1 Å². The van der Waals surface area contributed by atoms with Gasteiger partial charge in [-0.3, -0.25) is 14.4 Å². The van der Waals surface area contributed by atoms with Gasteiger partial charge in [-0.15, -0.1) is 0 Å². The van der Waals surface area contributed by atoms with E-state index in [-0.39, 0.29) is 23.6 Å². The molecule has 1 atom stereocenters. The summed E-state index contributed by atoms with van der Waals surface area (Å²) in [6.07, 6.45) is 8.84. The van der Waals surface area contributed by atoms with E-state index in [4.69, 9.17) is 0 Å². The number of benzene rings is 2. The Labute approximate surface area is 198 Å². The quantitative estimate of drug-likeness (QED) is 0.560. The van der Waals surface area contributed by atoms with Gasteiger partial charge in [0.15, 0.2) is 0 Å². The second-order valence-corrected chi connectivity index (χ2v) is 9.98. The van der Waals surface area contributed by atoms with Crippen molar-refractivity contribution in [2.24, 2.45) is 7.05 Å². The van der Waals surface area contributed by atoms with E-state index in [9.17, 15) is 9.18 Å². The minimum atomic E-state index is -0.593. The Morgan fingerprint density at radius 3 is 2.68 bits per heavy atom. The highest BCUT2D eigenvalue weighted by Crippen LogP contribution is 2.49. The molecule has 1 spiro atoms. The molecule has 0 radical (unpaired) electrons. The molecule has 0 bridgehead atoms. The maximum absolute atomic E-state index is 15.2. The van der Waals surface area contributed by atoms with E-state index in [2.05, 4.69) is 10.00 Å². The summed E-state index contributed by atoms with van der Waals surface area (Å²) >= 11 is 0. The van der Waals surface area contributed by atoms with Gasteiger partial charge in [-0.2, -0.15) is 5.10 Å². The van der Waals surface area contributed by atoms with Gasteiger partial charge in [0.05, 0.1) is 18.2 Å². The van der Waals surface area contributed by atoms with Crippen molar-refractivity contribution in [3.63, 3.8) is 0 Å². The molecule has 7 heteroatoms. The SMILES string of the molecule is Cn1cc(-c2cc(F)c(CN3C(=O)C4(CCN(C5CCCC5)C4)c4ccccc43)cc2F)cn1. The number of carbonyl (C=O) groups excluding carboxylic acids is 1. The molecule has 3 aromatic rings. The fourth-order valence-electron chi connectivity index (χ4n) is 6.23. The molecule has 1 unspecified atom stereocenters. The minimum absolute atomic E-state index is 0.00495. The van der Waals surface area contributed by atoms with E-state index in [1.807, 2.05) is 24.3 Å². The van der Waals surface area contributed by atoms with Gasteiger partial charge < -0.3 is 4.90 Å². The van der Waals surface area contributed by atoms with E-state index in [0.29, 0.717) is 18.2 Å². The summed E-state index contributed by atoms with van der Waals surface area (Å²) < 4.78 is 31.7. The van der Waals surface area contributed by atoms with Gasteiger partial charge in [-0.05, 0) is 49.6 Å². The fourth-order valence-corrected chi connectivity index (χ4v) is 6.23. The van der Waals surface area contributed by atoms with Crippen LogP contribution in [0, 0.1) is 11.6 Å². The number of amides is 1. The lowest BCUT2D eigenvalue weighted by Crippen LogP contribution is -2.43. The van der Waals surface area contributed by atoms with E-state index in [0.717, 1.165) is 24.2 Å². The van der Waals surface area contributed by atoms with Crippen molar-refractivity contribution in [1.29, 1.82) is 0 Å². The average molecular weight is 463 g/mol. The number of anilines is 1. The number of hydrogen-bond donors (Lipinski definition) is 0. The maximum atomic E-state index is 15.2. The standard InChI is InChI=1S/C27H28F2N4O/c1-31-15-19(14-30-31)21-13-23(28)18(12-24(21)29)16-33-25-9-5-4-8-22(25)27(26(33)34)10-11-32(17-27)20-6-2-3-7-20/h4-5,8-9,12-15,20H,2-3,6-7,10-11,16-17H2,1H3. The first kappa shape index (κ1) is 21.5. The van der Waals surface area contributed by atoms with Crippen LogP contribution >= 0.6 is 0 Å². The van der Waals surface area contributed by atoms with Crippen molar-refractivity contribution in [3.05, 3.63) is 71.6 Å². The molecule has 1 saturated heterocycles. The summed E-state index contributed by atoms with van der Waals surface area (Å²) in [7, 11) is 1.73. The van der Waals surface area contributed by atoms with Crippen LogP contribution in [0.3, 0.4) is 0 Å². The zero-order chi connectivity index (χ0) is 23.4. The monoisotopic (exact) mass is 462 g/mol. The van der Waals surface area contributed by atoms with Crippen LogP contribution in [0.15, 0.2) is 48.8 Å². The third-order valence-corrected chi connectivity index (χ3v) is 7.99. The third kappa shape index (κ3) is 3.28. The number of hydrogen-bond acceptors (Lipinski definition) is 3. The first-order valence-electron chi connectivity index (χ1n) is 12.1. The van der Waals surface area contributed by atoms with Crippen molar-refractivity contribution in [1.82, 2.24) is 14.7 Å². The Morgan fingerprint density at radius 2 is 1.91 bits per heavy atom. The van der Waals surface area contributed by atoms with Crippen LogP contribution in [0.5, 0.6) is 0 Å². The summed E-state index contributed by atoms with van der Waals surface area (Å²) in [6, 6.07) is 10.8. The van der Waals surface area contributed by atoms with Crippen molar-refractivity contribution in [2.75, 3.05) is 18.0 Å². The summed E-state index contributed by atoms with van der Waals surface area (Å²) in [5.74, 6) is -1.04. The molecule has 1 aromatic heterocycles. The number of halogens is 2. The van der Waals surface area contributed by atoms with E-state index >= 15 is 4.39 Å². The number of rotatable bonds is 4. The molecular weight excluding hydrogens is 434 g/mol. The minimum Gasteiger partial charge on any atom is -0.307 e. The van der Waals surface area contributed by atoms with Crippen LogP contribution in [0.1, 0.15) is 43.2 Å². The van der Waals surface area contributed by atoms with Crippen LogP contribution in [0.2, 0.25) is 0 Å². The Balaban J connectivity index is 1.32. The predicted octanol–water partition coefficient (Wildman–Crippen LogP) is 4.80. The predicted molar refractivity (Wildman–Crippen MR) is 126 cm³/mol. The van der Waals surface area contributed by atoms with Gasteiger partial charge in [-0.25, -0.2) is 8.78 Å². The highest BCUT2D eigenvalue weighted by Gasteiger charge is 2.55. The van der Waals surface area contributed by atoms with E-state index in [1.54, 1.807) is 22.8 Å². The molecular formula is C27H28F2N4O. The Kier molecular flexibility index (Phi) is 5.06. The number of para-hydroxylation sites is 1. The highest BCUT2D eigenvalue weighted by molar-refractivity contribution is 6.08. The Morgan fingerprint density at radius 1 is 1.12 bits per heavy atom. The zero-order valence-electron chi connectivity index (χ0n) is 19.3. The highest BCUT2D eigenvalue weighted by atomic mass is 19.1. The normalized spacial score (nSPS) is 22.9. The second kappa shape index (κ2) is 8.01. The number of likely N-dealkylation sites (tertiary alicyclic amines) is 1. The Hall–Kier alpha value is -3.06. The van der Waals surface area contributed by atoms with Gasteiger partial charge >= 0.3 is 0 Å². The fraction of sp³-hybridized carbons (Fsp3) is 0.407. The largest absolute Gasteiger partial charge is 0.307 e. The van der Waals surface area contributed by atoms with Crippen LogP contribution in [-0.2, 0) is 23.8 Å². The molecule has 6 rings (SSSR count). The maximum Gasteiger partial charge on any atom is 0.239 e. The molecule has 2 fully saturated rings. The lowest BCUT2D eigenvalue weighted by atomic mass is 9.81. The lowest BCUT2D eigenvalue weighted by molar-refractivity contribution is -0.123. The van der Waals surface area contributed by atoms with Crippen molar-refractivity contribution >= 4 is 11.6 Å². The summed E-state index contributed by atoms with van der Waals surface area (Å²) in [5.41, 5.74) is 2.11. The molecule has 1 aliphatic carbocycles. The topological polar surface area (TPSA) is 41.4 Å².